The van der Waals surface area contributed by atoms with Crippen molar-refractivity contribution in [1.82, 2.24) is 5.32 Å². The number of hydrogen-bond donors (Lipinski definition) is 1. The third-order valence-electron chi connectivity index (χ3n) is 2.05. The van der Waals surface area contributed by atoms with Crippen LogP contribution in [-0.2, 0) is 6.54 Å². The van der Waals surface area contributed by atoms with Crippen molar-refractivity contribution < 1.29 is 4.79 Å². The summed E-state index contributed by atoms with van der Waals surface area (Å²) in [7, 11) is 0. The second-order valence-electron chi connectivity index (χ2n) is 3.79. The fourth-order valence-corrected chi connectivity index (χ4v) is 1.22. The normalized spacial score (nSPS) is 10.6. The van der Waals surface area contributed by atoms with Crippen molar-refractivity contribution in [3.05, 3.63) is 35.4 Å². The van der Waals surface area contributed by atoms with Crippen LogP contribution in [0.5, 0.6) is 0 Å². The fraction of sp³-hybridized carbons (Fsp3) is 0.417. The lowest BCUT2D eigenvalue weighted by atomic mass is 10.1. The number of rotatable bonds is 4. The van der Waals surface area contributed by atoms with Crippen molar-refractivity contribution in [2.45, 2.75) is 33.4 Å². The van der Waals surface area contributed by atoms with Crippen molar-refractivity contribution in [2.75, 3.05) is 0 Å². The zero-order valence-corrected chi connectivity index (χ0v) is 9.00. The molecule has 1 aromatic rings. The molecule has 0 unspecified atom stereocenters. The molecule has 0 aliphatic heterocycles. The van der Waals surface area contributed by atoms with Crippen molar-refractivity contribution in [3.63, 3.8) is 0 Å². The van der Waals surface area contributed by atoms with Crippen LogP contribution in [0, 0.1) is 0 Å². The first-order chi connectivity index (χ1) is 6.59. The summed E-state index contributed by atoms with van der Waals surface area (Å²) in [5.41, 5.74) is 1.94. The zero-order valence-electron chi connectivity index (χ0n) is 9.00. The first kappa shape index (κ1) is 10.9. The summed E-state index contributed by atoms with van der Waals surface area (Å²) in [6.07, 6.45) is 0. The Balaban J connectivity index is 2.69. The van der Waals surface area contributed by atoms with Gasteiger partial charge < -0.3 is 5.32 Å². The fourth-order valence-electron chi connectivity index (χ4n) is 1.22. The molecule has 0 amide bonds. The summed E-state index contributed by atoms with van der Waals surface area (Å²) in [5, 5.41) is 3.32. The molecule has 0 atom stereocenters. The van der Waals surface area contributed by atoms with Gasteiger partial charge in [0.25, 0.3) is 0 Å². The third kappa shape index (κ3) is 3.30. The smallest absolute Gasteiger partial charge is 0.159 e. The number of ketones is 1. The van der Waals surface area contributed by atoms with Crippen LogP contribution in [0.15, 0.2) is 24.3 Å². The third-order valence-corrected chi connectivity index (χ3v) is 2.05. The number of nitrogens with one attached hydrogen (secondary N) is 1. The summed E-state index contributed by atoms with van der Waals surface area (Å²) in [6.45, 7) is 6.62. The highest BCUT2D eigenvalue weighted by atomic mass is 16.1. The SMILES string of the molecule is CC(=O)c1cccc(CNC(C)C)c1. The summed E-state index contributed by atoms with van der Waals surface area (Å²) in [5.74, 6) is 0.122. The maximum absolute atomic E-state index is 11.1. The summed E-state index contributed by atoms with van der Waals surface area (Å²) in [4.78, 5) is 11.1. The largest absolute Gasteiger partial charge is 0.310 e. The molecule has 0 spiro atoms. The van der Waals surface area contributed by atoms with Crippen molar-refractivity contribution in [3.8, 4) is 0 Å². The Labute approximate surface area is 85.3 Å². The lowest BCUT2D eigenvalue weighted by Gasteiger charge is -2.08. The number of Topliss-reactive ketones (excluding diaryl/α,β-unsaturated/α-hetero) is 1. The van der Waals surface area contributed by atoms with E-state index >= 15 is 0 Å². The molecule has 0 aliphatic carbocycles. The van der Waals surface area contributed by atoms with Gasteiger partial charge in [0.05, 0.1) is 0 Å². The van der Waals surface area contributed by atoms with E-state index in [-0.39, 0.29) is 5.78 Å². The lowest BCUT2D eigenvalue weighted by Crippen LogP contribution is -2.21. The van der Waals surface area contributed by atoms with Crippen LogP contribution >= 0.6 is 0 Å². The Bertz CT molecular complexity index is 318. The topological polar surface area (TPSA) is 29.1 Å². The van der Waals surface area contributed by atoms with Crippen LogP contribution in [0.3, 0.4) is 0 Å². The minimum absolute atomic E-state index is 0.122. The number of benzene rings is 1. The van der Waals surface area contributed by atoms with E-state index in [4.69, 9.17) is 0 Å². The van der Waals surface area contributed by atoms with Gasteiger partial charge in [0.2, 0.25) is 0 Å². The Hall–Kier alpha value is -1.15. The van der Waals surface area contributed by atoms with Gasteiger partial charge in [0.1, 0.15) is 0 Å². The van der Waals surface area contributed by atoms with Gasteiger partial charge in [-0.05, 0) is 18.6 Å². The standard InChI is InChI=1S/C12H17NO/c1-9(2)13-8-11-5-4-6-12(7-11)10(3)14/h4-7,9,13H,8H2,1-3H3. The van der Waals surface area contributed by atoms with Crippen LogP contribution in [0.2, 0.25) is 0 Å². The molecule has 2 nitrogen and oxygen atoms in total. The molecule has 0 heterocycles. The maximum atomic E-state index is 11.1. The predicted octanol–water partition coefficient (Wildman–Crippen LogP) is 2.39. The lowest BCUT2D eigenvalue weighted by molar-refractivity contribution is 0.101. The Kier molecular flexibility index (Phi) is 3.84. The monoisotopic (exact) mass is 191 g/mol. The molecule has 0 radical (unpaired) electrons. The van der Waals surface area contributed by atoms with Crippen LogP contribution in [0.25, 0.3) is 0 Å². The van der Waals surface area contributed by atoms with Crippen molar-refractivity contribution in [1.29, 1.82) is 0 Å². The molecule has 0 aromatic heterocycles. The molecular weight excluding hydrogens is 174 g/mol. The van der Waals surface area contributed by atoms with Crippen LogP contribution in [-0.4, -0.2) is 11.8 Å². The van der Waals surface area contributed by atoms with Gasteiger partial charge in [-0.3, -0.25) is 4.79 Å². The molecule has 1 rings (SSSR count). The quantitative estimate of drug-likeness (QED) is 0.740. The second kappa shape index (κ2) is 4.91. The van der Waals surface area contributed by atoms with Gasteiger partial charge in [0, 0.05) is 18.2 Å². The van der Waals surface area contributed by atoms with Crippen LogP contribution < -0.4 is 5.32 Å². The van der Waals surface area contributed by atoms with Gasteiger partial charge in [-0.2, -0.15) is 0 Å². The molecular formula is C12H17NO. The molecule has 76 valence electrons. The number of carbonyl (C=O) groups excluding carboxylic acids is 1. The van der Waals surface area contributed by atoms with Gasteiger partial charge in [-0.25, -0.2) is 0 Å². The highest BCUT2D eigenvalue weighted by Gasteiger charge is 2.00. The van der Waals surface area contributed by atoms with E-state index < -0.39 is 0 Å². The molecule has 0 saturated heterocycles. The average molecular weight is 191 g/mol. The van der Waals surface area contributed by atoms with Crippen molar-refractivity contribution in [2.24, 2.45) is 0 Å². The highest BCUT2D eigenvalue weighted by Crippen LogP contribution is 2.05. The van der Waals surface area contributed by atoms with E-state index in [9.17, 15) is 4.79 Å². The average Bonchev–Trinajstić information content (AvgIpc) is 2.15. The molecule has 0 aliphatic rings. The molecule has 1 aromatic carbocycles. The molecule has 0 saturated carbocycles. The minimum Gasteiger partial charge on any atom is -0.310 e. The zero-order chi connectivity index (χ0) is 10.6. The van der Waals surface area contributed by atoms with Gasteiger partial charge >= 0.3 is 0 Å². The van der Waals surface area contributed by atoms with Gasteiger partial charge in [0.15, 0.2) is 5.78 Å². The van der Waals surface area contributed by atoms with E-state index in [1.54, 1.807) is 6.92 Å². The van der Waals surface area contributed by atoms with Gasteiger partial charge in [-0.1, -0.05) is 32.0 Å². The van der Waals surface area contributed by atoms with E-state index in [1.165, 1.54) is 0 Å². The first-order valence-electron chi connectivity index (χ1n) is 4.93. The van der Waals surface area contributed by atoms with Crippen LogP contribution in [0.4, 0.5) is 0 Å². The Morgan fingerprint density at radius 3 is 2.71 bits per heavy atom. The number of hydrogen-bond acceptors (Lipinski definition) is 2. The maximum Gasteiger partial charge on any atom is 0.159 e. The molecule has 0 bridgehead atoms. The van der Waals surface area contributed by atoms with E-state index in [1.807, 2.05) is 24.3 Å². The Morgan fingerprint density at radius 1 is 1.43 bits per heavy atom. The Morgan fingerprint density at radius 2 is 2.14 bits per heavy atom. The predicted molar refractivity (Wildman–Crippen MR) is 58.4 cm³/mol. The molecule has 0 fully saturated rings. The summed E-state index contributed by atoms with van der Waals surface area (Å²) >= 11 is 0. The number of carbonyl (C=O) groups is 1. The highest BCUT2D eigenvalue weighted by molar-refractivity contribution is 5.94. The summed E-state index contributed by atoms with van der Waals surface area (Å²) in [6, 6.07) is 8.21. The van der Waals surface area contributed by atoms with E-state index in [0.29, 0.717) is 6.04 Å². The molecule has 1 N–H and O–H groups in total. The summed E-state index contributed by atoms with van der Waals surface area (Å²) < 4.78 is 0. The van der Waals surface area contributed by atoms with E-state index in [2.05, 4.69) is 19.2 Å². The van der Waals surface area contributed by atoms with E-state index in [0.717, 1.165) is 17.7 Å². The minimum atomic E-state index is 0.122. The van der Waals surface area contributed by atoms with Gasteiger partial charge in [-0.15, -0.1) is 0 Å². The van der Waals surface area contributed by atoms with Crippen molar-refractivity contribution >= 4 is 5.78 Å². The van der Waals surface area contributed by atoms with Crippen LogP contribution in [0.1, 0.15) is 36.7 Å². The first-order valence-corrected chi connectivity index (χ1v) is 4.93. The second-order valence-corrected chi connectivity index (χ2v) is 3.79. The molecule has 14 heavy (non-hydrogen) atoms. The molecule has 2 heteroatoms.